The van der Waals surface area contributed by atoms with Gasteiger partial charge in [-0.05, 0) is 45.1 Å². The quantitative estimate of drug-likeness (QED) is 0.747. The number of rotatable bonds is 6. The summed E-state index contributed by atoms with van der Waals surface area (Å²) in [7, 11) is 0. The van der Waals surface area contributed by atoms with Gasteiger partial charge in [0.15, 0.2) is 0 Å². The highest BCUT2D eigenvalue weighted by Gasteiger charge is 2.33. The first kappa shape index (κ1) is 14.9. The van der Waals surface area contributed by atoms with Crippen molar-refractivity contribution in [2.75, 3.05) is 19.7 Å². The normalized spacial score (nSPS) is 30.2. The second-order valence-corrected chi connectivity index (χ2v) is 5.71. The fourth-order valence-corrected chi connectivity index (χ4v) is 3.27. The topological polar surface area (TPSA) is 49.5 Å². The Morgan fingerprint density at radius 2 is 2.06 bits per heavy atom. The molecule has 0 amide bonds. The zero-order chi connectivity index (χ0) is 12.8. The maximum absolute atomic E-state index is 9.23. The van der Waals surface area contributed by atoms with E-state index in [0.717, 1.165) is 19.0 Å². The Kier molecular flexibility index (Phi) is 6.45. The Morgan fingerprint density at radius 1 is 1.35 bits per heavy atom. The smallest absolute Gasteiger partial charge is 0.0558 e. The third-order valence-electron chi connectivity index (χ3n) is 4.39. The molecular formula is C14H30N2O. The Morgan fingerprint density at radius 3 is 2.53 bits per heavy atom. The molecule has 0 heterocycles. The minimum Gasteiger partial charge on any atom is -0.395 e. The van der Waals surface area contributed by atoms with Crippen LogP contribution in [0.5, 0.6) is 0 Å². The van der Waals surface area contributed by atoms with Crippen molar-refractivity contribution in [3.63, 3.8) is 0 Å². The zero-order valence-electron chi connectivity index (χ0n) is 11.7. The molecule has 0 spiro atoms. The van der Waals surface area contributed by atoms with Crippen LogP contribution >= 0.6 is 0 Å². The molecule has 0 aliphatic heterocycles. The molecule has 17 heavy (non-hydrogen) atoms. The van der Waals surface area contributed by atoms with Gasteiger partial charge in [0.2, 0.25) is 0 Å². The van der Waals surface area contributed by atoms with Crippen LogP contribution in [-0.4, -0.2) is 41.8 Å². The van der Waals surface area contributed by atoms with Crippen LogP contribution in [0.25, 0.3) is 0 Å². The Bertz CT molecular complexity index is 208. The SMILES string of the molecule is CCC1CCC(CN)C(N(CCO)C(C)C)C1. The second kappa shape index (κ2) is 7.34. The zero-order valence-corrected chi connectivity index (χ0v) is 11.7. The van der Waals surface area contributed by atoms with Crippen LogP contribution in [0, 0.1) is 11.8 Å². The summed E-state index contributed by atoms with van der Waals surface area (Å²) < 4.78 is 0. The fraction of sp³-hybridized carbons (Fsp3) is 1.00. The van der Waals surface area contributed by atoms with Crippen LogP contribution in [0.3, 0.4) is 0 Å². The molecule has 0 aromatic carbocycles. The van der Waals surface area contributed by atoms with Crippen molar-refractivity contribution in [1.82, 2.24) is 4.90 Å². The van der Waals surface area contributed by atoms with E-state index in [4.69, 9.17) is 5.73 Å². The van der Waals surface area contributed by atoms with Gasteiger partial charge in [-0.15, -0.1) is 0 Å². The van der Waals surface area contributed by atoms with Crippen LogP contribution < -0.4 is 5.73 Å². The lowest BCUT2D eigenvalue weighted by Gasteiger charge is -2.44. The molecule has 3 atom stereocenters. The molecular weight excluding hydrogens is 212 g/mol. The third-order valence-corrected chi connectivity index (χ3v) is 4.39. The lowest BCUT2D eigenvalue weighted by molar-refractivity contribution is 0.0428. The van der Waals surface area contributed by atoms with Gasteiger partial charge in [0.25, 0.3) is 0 Å². The van der Waals surface area contributed by atoms with Gasteiger partial charge >= 0.3 is 0 Å². The molecule has 1 rings (SSSR count). The lowest BCUT2D eigenvalue weighted by atomic mass is 9.76. The maximum Gasteiger partial charge on any atom is 0.0558 e. The van der Waals surface area contributed by atoms with E-state index in [1.165, 1.54) is 25.7 Å². The fourth-order valence-electron chi connectivity index (χ4n) is 3.27. The average molecular weight is 242 g/mol. The van der Waals surface area contributed by atoms with Crippen molar-refractivity contribution in [2.45, 2.75) is 58.5 Å². The van der Waals surface area contributed by atoms with Crippen LogP contribution in [0.15, 0.2) is 0 Å². The summed E-state index contributed by atoms with van der Waals surface area (Å²) in [6, 6.07) is 1.07. The summed E-state index contributed by atoms with van der Waals surface area (Å²) >= 11 is 0. The van der Waals surface area contributed by atoms with E-state index >= 15 is 0 Å². The first-order valence-corrected chi connectivity index (χ1v) is 7.20. The number of hydrogen-bond donors (Lipinski definition) is 2. The Hall–Kier alpha value is -0.120. The molecule has 0 aromatic heterocycles. The molecule has 1 aliphatic rings. The molecule has 0 aromatic rings. The summed E-state index contributed by atoms with van der Waals surface area (Å²) in [4.78, 5) is 2.46. The largest absolute Gasteiger partial charge is 0.395 e. The molecule has 3 N–H and O–H groups in total. The molecule has 0 radical (unpaired) electrons. The van der Waals surface area contributed by atoms with Crippen molar-refractivity contribution in [2.24, 2.45) is 17.6 Å². The highest BCUT2D eigenvalue weighted by atomic mass is 16.3. The minimum atomic E-state index is 0.253. The lowest BCUT2D eigenvalue weighted by Crippen LogP contribution is -2.50. The minimum absolute atomic E-state index is 0.253. The monoisotopic (exact) mass is 242 g/mol. The number of aliphatic hydroxyl groups excluding tert-OH is 1. The Labute approximate surface area is 106 Å². The van der Waals surface area contributed by atoms with Gasteiger partial charge in [-0.2, -0.15) is 0 Å². The van der Waals surface area contributed by atoms with Gasteiger partial charge in [0, 0.05) is 18.6 Å². The van der Waals surface area contributed by atoms with Crippen molar-refractivity contribution >= 4 is 0 Å². The van der Waals surface area contributed by atoms with E-state index in [0.29, 0.717) is 18.0 Å². The van der Waals surface area contributed by atoms with Gasteiger partial charge in [-0.25, -0.2) is 0 Å². The van der Waals surface area contributed by atoms with Crippen molar-refractivity contribution in [3.8, 4) is 0 Å². The molecule has 0 bridgehead atoms. The highest BCUT2D eigenvalue weighted by Crippen LogP contribution is 2.34. The predicted octanol–water partition coefficient (Wildman–Crippen LogP) is 1.84. The van der Waals surface area contributed by atoms with Crippen LogP contribution in [0.2, 0.25) is 0 Å². The van der Waals surface area contributed by atoms with Gasteiger partial charge in [0.1, 0.15) is 0 Å². The molecule has 3 unspecified atom stereocenters. The molecule has 3 nitrogen and oxygen atoms in total. The van der Waals surface area contributed by atoms with Gasteiger partial charge in [-0.3, -0.25) is 4.90 Å². The number of aliphatic hydroxyl groups is 1. The molecule has 102 valence electrons. The second-order valence-electron chi connectivity index (χ2n) is 5.71. The van der Waals surface area contributed by atoms with Crippen molar-refractivity contribution < 1.29 is 5.11 Å². The van der Waals surface area contributed by atoms with Crippen LogP contribution in [0.1, 0.15) is 46.5 Å². The molecule has 1 fully saturated rings. The number of nitrogens with two attached hydrogens (primary N) is 1. The summed E-state index contributed by atoms with van der Waals surface area (Å²) in [5.41, 5.74) is 5.93. The Balaban J connectivity index is 2.71. The number of hydrogen-bond acceptors (Lipinski definition) is 3. The predicted molar refractivity (Wildman–Crippen MR) is 72.9 cm³/mol. The van der Waals surface area contributed by atoms with E-state index in [9.17, 15) is 5.11 Å². The van der Waals surface area contributed by atoms with Gasteiger partial charge in [-0.1, -0.05) is 19.8 Å². The summed E-state index contributed by atoms with van der Waals surface area (Å²) in [5, 5.41) is 9.23. The van der Waals surface area contributed by atoms with Crippen LogP contribution in [0.4, 0.5) is 0 Å². The summed E-state index contributed by atoms with van der Waals surface area (Å²) in [5.74, 6) is 1.47. The van der Waals surface area contributed by atoms with Crippen LogP contribution in [-0.2, 0) is 0 Å². The van der Waals surface area contributed by atoms with E-state index in [-0.39, 0.29) is 6.61 Å². The van der Waals surface area contributed by atoms with Crippen molar-refractivity contribution in [1.29, 1.82) is 0 Å². The molecule has 1 saturated carbocycles. The van der Waals surface area contributed by atoms with E-state index in [1.54, 1.807) is 0 Å². The third kappa shape index (κ3) is 3.94. The molecule has 3 heteroatoms. The molecule has 1 aliphatic carbocycles. The summed E-state index contributed by atoms with van der Waals surface area (Å²) in [6.07, 6.45) is 5.13. The first-order chi connectivity index (χ1) is 8.13. The van der Waals surface area contributed by atoms with Crippen molar-refractivity contribution in [3.05, 3.63) is 0 Å². The number of nitrogens with zero attached hydrogens (tertiary/aromatic N) is 1. The van der Waals surface area contributed by atoms with E-state index in [2.05, 4.69) is 25.7 Å². The average Bonchev–Trinajstić information content (AvgIpc) is 2.34. The van der Waals surface area contributed by atoms with Gasteiger partial charge < -0.3 is 10.8 Å². The van der Waals surface area contributed by atoms with E-state index in [1.807, 2.05) is 0 Å². The highest BCUT2D eigenvalue weighted by molar-refractivity contribution is 4.88. The van der Waals surface area contributed by atoms with Gasteiger partial charge in [0.05, 0.1) is 6.61 Å². The maximum atomic E-state index is 9.23. The standard InChI is InChI=1S/C14H30N2O/c1-4-12-5-6-13(10-15)14(9-12)16(7-8-17)11(2)3/h11-14,17H,4-10,15H2,1-3H3. The molecule has 0 saturated heterocycles. The summed E-state index contributed by atoms with van der Waals surface area (Å²) in [6.45, 7) is 8.56. The van der Waals surface area contributed by atoms with E-state index < -0.39 is 0 Å². The first-order valence-electron chi connectivity index (χ1n) is 7.20.